The molecule has 1 aliphatic rings. The van der Waals surface area contributed by atoms with E-state index in [1.54, 1.807) is 14.0 Å². The minimum absolute atomic E-state index is 0.0231. The zero-order valence-corrected chi connectivity index (χ0v) is 12.3. The Balaban J connectivity index is 1.85. The monoisotopic (exact) mass is 291 g/mol. The van der Waals surface area contributed by atoms with E-state index in [9.17, 15) is 9.59 Å². The van der Waals surface area contributed by atoms with Crippen molar-refractivity contribution in [2.75, 3.05) is 12.4 Å². The van der Waals surface area contributed by atoms with Gasteiger partial charge in [0.1, 0.15) is 0 Å². The van der Waals surface area contributed by atoms with Crippen LogP contribution in [0.5, 0.6) is 0 Å². The van der Waals surface area contributed by atoms with Gasteiger partial charge in [-0.3, -0.25) is 9.59 Å². The third kappa shape index (κ3) is 4.04. The number of carbonyl (C=O) groups excluding carboxylic acids is 1. The highest BCUT2D eigenvalue weighted by Gasteiger charge is 2.34. The molecule has 21 heavy (non-hydrogen) atoms. The summed E-state index contributed by atoms with van der Waals surface area (Å²) >= 11 is 0. The van der Waals surface area contributed by atoms with Crippen LogP contribution in [0, 0.1) is 11.8 Å². The van der Waals surface area contributed by atoms with Crippen molar-refractivity contribution in [1.82, 2.24) is 0 Å². The Morgan fingerprint density at radius 1 is 1.33 bits per heavy atom. The van der Waals surface area contributed by atoms with Gasteiger partial charge in [-0.2, -0.15) is 0 Å². The number of carbonyl (C=O) groups is 2. The first-order valence-corrected chi connectivity index (χ1v) is 7.15. The number of benzene rings is 1. The van der Waals surface area contributed by atoms with Gasteiger partial charge >= 0.3 is 5.97 Å². The van der Waals surface area contributed by atoms with Crippen molar-refractivity contribution < 1.29 is 19.4 Å². The summed E-state index contributed by atoms with van der Waals surface area (Å²) in [7, 11) is 1.66. The van der Waals surface area contributed by atoms with Crippen LogP contribution >= 0.6 is 0 Å². The molecular weight excluding hydrogens is 270 g/mol. The minimum atomic E-state index is -0.801. The lowest BCUT2D eigenvalue weighted by Gasteiger charge is -2.32. The van der Waals surface area contributed by atoms with Crippen LogP contribution in [0.4, 0.5) is 5.69 Å². The number of rotatable bonds is 6. The van der Waals surface area contributed by atoms with E-state index in [0.29, 0.717) is 6.42 Å². The molecule has 114 valence electrons. The number of nitrogens with one attached hydrogen (secondary N) is 1. The minimum Gasteiger partial charge on any atom is -0.481 e. The Morgan fingerprint density at radius 3 is 2.48 bits per heavy atom. The van der Waals surface area contributed by atoms with Gasteiger partial charge in [0, 0.05) is 18.7 Å². The summed E-state index contributed by atoms with van der Waals surface area (Å²) in [4.78, 5) is 22.8. The zero-order valence-electron chi connectivity index (χ0n) is 12.3. The van der Waals surface area contributed by atoms with E-state index < -0.39 is 11.9 Å². The molecule has 0 spiro atoms. The molecule has 0 radical (unpaired) electrons. The average molecular weight is 291 g/mol. The standard InChI is InChI=1S/C16H21NO4/c1-10(16(19)20)7-11-3-5-13(6-4-11)17-15(18)12-8-14(9-12)21-2/h3-6,10,12,14H,7-9H2,1-2H3,(H,17,18)(H,19,20). The van der Waals surface area contributed by atoms with E-state index in [4.69, 9.17) is 9.84 Å². The predicted octanol–water partition coefficient (Wildman–Crippen LogP) is 2.31. The van der Waals surface area contributed by atoms with Gasteiger partial charge in [-0.05, 0) is 37.0 Å². The first-order valence-electron chi connectivity index (χ1n) is 7.15. The molecule has 2 rings (SSSR count). The lowest BCUT2D eigenvalue weighted by Crippen LogP contribution is -2.38. The van der Waals surface area contributed by atoms with Crippen molar-refractivity contribution >= 4 is 17.6 Å². The highest BCUT2D eigenvalue weighted by atomic mass is 16.5. The molecule has 1 atom stereocenters. The number of aliphatic carboxylic acids is 1. The van der Waals surface area contributed by atoms with E-state index in [2.05, 4.69) is 5.32 Å². The van der Waals surface area contributed by atoms with Crippen molar-refractivity contribution in [2.24, 2.45) is 11.8 Å². The number of carboxylic acids is 1. The molecule has 1 aromatic rings. The molecule has 1 fully saturated rings. The highest BCUT2D eigenvalue weighted by Crippen LogP contribution is 2.30. The van der Waals surface area contributed by atoms with E-state index >= 15 is 0 Å². The third-order valence-electron chi connectivity index (χ3n) is 3.98. The maximum atomic E-state index is 12.0. The van der Waals surface area contributed by atoms with Crippen LogP contribution < -0.4 is 5.32 Å². The van der Waals surface area contributed by atoms with Crippen molar-refractivity contribution in [2.45, 2.75) is 32.3 Å². The smallest absolute Gasteiger partial charge is 0.306 e. The summed E-state index contributed by atoms with van der Waals surface area (Å²) in [5.41, 5.74) is 1.69. The van der Waals surface area contributed by atoms with E-state index in [1.165, 1.54) is 0 Å². The SMILES string of the molecule is COC1CC(C(=O)Nc2ccc(CC(C)C(=O)O)cc2)C1. The molecule has 5 nitrogen and oxygen atoms in total. The topological polar surface area (TPSA) is 75.6 Å². The largest absolute Gasteiger partial charge is 0.481 e. The van der Waals surface area contributed by atoms with Crippen LogP contribution in [0.15, 0.2) is 24.3 Å². The van der Waals surface area contributed by atoms with Crippen LogP contribution in [0.2, 0.25) is 0 Å². The fourth-order valence-electron chi connectivity index (χ4n) is 2.38. The summed E-state index contributed by atoms with van der Waals surface area (Å²) in [6, 6.07) is 7.34. The lowest BCUT2D eigenvalue weighted by atomic mass is 9.81. The van der Waals surface area contributed by atoms with Crippen LogP contribution in [-0.4, -0.2) is 30.2 Å². The fraction of sp³-hybridized carbons (Fsp3) is 0.500. The van der Waals surface area contributed by atoms with Crippen molar-refractivity contribution in [3.05, 3.63) is 29.8 Å². The van der Waals surface area contributed by atoms with E-state index in [1.807, 2.05) is 24.3 Å². The Kier molecular flexibility index (Phi) is 4.96. The molecule has 0 heterocycles. The number of anilines is 1. The van der Waals surface area contributed by atoms with Gasteiger partial charge in [-0.25, -0.2) is 0 Å². The summed E-state index contributed by atoms with van der Waals surface area (Å²) < 4.78 is 5.16. The van der Waals surface area contributed by atoms with Crippen molar-refractivity contribution in [3.8, 4) is 0 Å². The molecule has 2 N–H and O–H groups in total. The molecular formula is C16H21NO4. The number of carboxylic acid groups (broad SMARTS) is 1. The number of hydrogen-bond acceptors (Lipinski definition) is 3. The Morgan fingerprint density at radius 2 is 1.95 bits per heavy atom. The quantitative estimate of drug-likeness (QED) is 0.843. The van der Waals surface area contributed by atoms with Crippen molar-refractivity contribution in [3.63, 3.8) is 0 Å². The van der Waals surface area contributed by atoms with Crippen LogP contribution in [-0.2, 0) is 20.7 Å². The zero-order chi connectivity index (χ0) is 15.4. The second-order valence-corrected chi connectivity index (χ2v) is 5.66. The van der Waals surface area contributed by atoms with E-state index in [-0.39, 0.29) is 17.9 Å². The van der Waals surface area contributed by atoms with Gasteiger partial charge in [-0.1, -0.05) is 19.1 Å². The normalized spacial score (nSPS) is 22.2. The maximum absolute atomic E-state index is 12.0. The predicted molar refractivity (Wildman–Crippen MR) is 79.1 cm³/mol. The van der Waals surface area contributed by atoms with Crippen LogP contribution in [0.1, 0.15) is 25.3 Å². The molecule has 0 bridgehead atoms. The molecule has 0 aliphatic heterocycles. The molecule has 0 saturated heterocycles. The number of ether oxygens (including phenoxy) is 1. The second-order valence-electron chi connectivity index (χ2n) is 5.66. The van der Waals surface area contributed by atoms with Gasteiger partial charge in [0.2, 0.25) is 5.91 Å². The molecule has 5 heteroatoms. The highest BCUT2D eigenvalue weighted by molar-refractivity contribution is 5.93. The van der Waals surface area contributed by atoms with Crippen LogP contribution in [0.25, 0.3) is 0 Å². The summed E-state index contributed by atoms with van der Waals surface area (Å²) in [6.45, 7) is 1.68. The Labute approximate surface area is 124 Å². The lowest BCUT2D eigenvalue weighted by molar-refractivity contribution is -0.141. The Bertz CT molecular complexity index is 506. The fourth-order valence-corrected chi connectivity index (χ4v) is 2.38. The van der Waals surface area contributed by atoms with Crippen molar-refractivity contribution in [1.29, 1.82) is 0 Å². The number of amides is 1. The van der Waals surface area contributed by atoms with Gasteiger partial charge < -0.3 is 15.2 Å². The first-order chi connectivity index (χ1) is 9.99. The van der Waals surface area contributed by atoms with Gasteiger partial charge in [0.25, 0.3) is 0 Å². The molecule has 1 amide bonds. The van der Waals surface area contributed by atoms with E-state index in [0.717, 1.165) is 24.1 Å². The summed E-state index contributed by atoms with van der Waals surface area (Å²) in [5.74, 6) is -1.16. The van der Waals surface area contributed by atoms with Crippen LogP contribution in [0.3, 0.4) is 0 Å². The molecule has 1 aromatic carbocycles. The third-order valence-corrected chi connectivity index (χ3v) is 3.98. The molecule has 0 aromatic heterocycles. The number of hydrogen-bond donors (Lipinski definition) is 2. The van der Waals surface area contributed by atoms with Gasteiger partial charge in [0.05, 0.1) is 12.0 Å². The average Bonchev–Trinajstić information content (AvgIpc) is 2.39. The van der Waals surface area contributed by atoms with Gasteiger partial charge in [0.15, 0.2) is 0 Å². The van der Waals surface area contributed by atoms with Gasteiger partial charge in [-0.15, -0.1) is 0 Å². The molecule has 1 unspecified atom stereocenters. The Hall–Kier alpha value is -1.88. The molecule has 1 saturated carbocycles. The number of methoxy groups -OCH3 is 1. The maximum Gasteiger partial charge on any atom is 0.306 e. The molecule has 1 aliphatic carbocycles. The summed E-state index contributed by atoms with van der Waals surface area (Å²) in [5, 5.41) is 11.8. The first kappa shape index (κ1) is 15.5. The summed E-state index contributed by atoms with van der Waals surface area (Å²) in [6.07, 6.45) is 2.25. The second kappa shape index (κ2) is 6.72.